The molecule has 0 unspecified atom stereocenters. The largest absolute Gasteiger partial charge is 0.493 e. The molecule has 2 aromatic rings. The normalized spacial score (nSPS) is 17.2. The Hall–Kier alpha value is -1.84. The third-order valence-corrected chi connectivity index (χ3v) is 5.32. The van der Waals surface area contributed by atoms with E-state index in [1.54, 1.807) is 0 Å². The summed E-state index contributed by atoms with van der Waals surface area (Å²) in [6.07, 6.45) is 2.19. The molecule has 0 saturated carbocycles. The summed E-state index contributed by atoms with van der Waals surface area (Å²) >= 11 is 0. The summed E-state index contributed by atoms with van der Waals surface area (Å²) in [4.78, 5) is 2.46. The third kappa shape index (κ3) is 5.33. The zero-order chi connectivity index (χ0) is 18.4. The first-order valence-electron chi connectivity index (χ1n) is 9.83. The second-order valence-corrected chi connectivity index (χ2v) is 7.70. The van der Waals surface area contributed by atoms with Gasteiger partial charge in [-0.2, -0.15) is 0 Å². The van der Waals surface area contributed by atoms with Crippen LogP contribution >= 0.6 is 0 Å². The first-order valence-corrected chi connectivity index (χ1v) is 9.83. The first kappa shape index (κ1) is 18.9. The van der Waals surface area contributed by atoms with E-state index in [1.165, 1.54) is 23.1 Å². The van der Waals surface area contributed by atoms with E-state index in [0.29, 0.717) is 18.6 Å². The lowest BCUT2D eigenvalue weighted by atomic mass is 10.0. The van der Waals surface area contributed by atoms with Gasteiger partial charge in [0.2, 0.25) is 0 Å². The molecule has 140 valence electrons. The van der Waals surface area contributed by atoms with Crippen LogP contribution in [0.3, 0.4) is 0 Å². The predicted molar refractivity (Wildman–Crippen MR) is 109 cm³/mol. The highest BCUT2D eigenvalue weighted by Crippen LogP contribution is 2.19. The van der Waals surface area contributed by atoms with Crippen molar-refractivity contribution >= 4 is 0 Å². The molecular formula is C23H32N2O. The molecular weight excluding hydrogens is 320 g/mol. The fraction of sp³-hybridized carbons (Fsp3) is 0.478. The second kappa shape index (κ2) is 9.20. The van der Waals surface area contributed by atoms with E-state index in [4.69, 9.17) is 4.74 Å². The Bertz CT molecular complexity index is 658. The van der Waals surface area contributed by atoms with Gasteiger partial charge >= 0.3 is 0 Å². The lowest BCUT2D eigenvalue weighted by Crippen LogP contribution is -2.32. The summed E-state index contributed by atoms with van der Waals surface area (Å²) in [5, 5.41) is 3.44. The van der Waals surface area contributed by atoms with Crippen molar-refractivity contribution in [1.29, 1.82) is 0 Å². The molecule has 2 aromatic carbocycles. The maximum absolute atomic E-state index is 5.89. The number of nitrogens with zero attached hydrogens (tertiary/aromatic N) is 1. The Balaban J connectivity index is 1.43. The summed E-state index contributed by atoms with van der Waals surface area (Å²) < 4.78 is 5.89. The van der Waals surface area contributed by atoms with Crippen LogP contribution in [0.4, 0.5) is 0 Å². The number of ether oxygens (including phenoxy) is 1. The summed E-state index contributed by atoms with van der Waals surface area (Å²) in [7, 11) is 2.23. The van der Waals surface area contributed by atoms with E-state index in [2.05, 4.69) is 79.6 Å². The molecule has 0 bridgehead atoms. The molecule has 3 heteroatoms. The van der Waals surface area contributed by atoms with Gasteiger partial charge in [-0.25, -0.2) is 0 Å². The fourth-order valence-electron chi connectivity index (χ4n) is 3.48. The smallest absolute Gasteiger partial charge is 0.119 e. The molecule has 26 heavy (non-hydrogen) atoms. The molecule has 1 aliphatic rings. The molecule has 1 N–H and O–H groups in total. The van der Waals surface area contributed by atoms with Gasteiger partial charge in [-0.15, -0.1) is 0 Å². The monoisotopic (exact) mass is 352 g/mol. The van der Waals surface area contributed by atoms with Crippen molar-refractivity contribution in [1.82, 2.24) is 10.2 Å². The van der Waals surface area contributed by atoms with E-state index in [0.717, 1.165) is 31.8 Å². The number of hydrogen-bond acceptors (Lipinski definition) is 3. The lowest BCUT2D eigenvalue weighted by molar-refractivity contribution is 0.249. The molecule has 1 fully saturated rings. The van der Waals surface area contributed by atoms with Crippen molar-refractivity contribution in [2.75, 3.05) is 26.7 Å². The molecule has 0 radical (unpaired) electrons. The Morgan fingerprint density at radius 3 is 2.35 bits per heavy atom. The van der Waals surface area contributed by atoms with Gasteiger partial charge in [0.05, 0.1) is 6.61 Å². The molecule has 1 atom stereocenters. The SMILES string of the molecule is CC(C)c1ccc(OCCc2ccc(CN(C)[C@H]3CCNC3)cc2)cc1. The quantitative estimate of drug-likeness (QED) is 0.770. The van der Waals surface area contributed by atoms with Crippen molar-refractivity contribution in [3.05, 3.63) is 65.2 Å². The van der Waals surface area contributed by atoms with Crippen LogP contribution in [0, 0.1) is 0 Å². The second-order valence-electron chi connectivity index (χ2n) is 7.70. The summed E-state index contributed by atoms with van der Waals surface area (Å²) in [6.45, 7) is 8.42. The Labute approximate surface area is 158 Å². The average Bonchev–Trinajstić information content (AvgIpc) is 3.18. The van der Waals surface area contributed by atoms with Crippen LogP contribution < -0.4 is 10.1 Å². The molecule has 0 amide bonds. The number of benzene rings is 2. The zero-order valence-electron chi connectivity index (χ0n) is 16.4. The number of rotatable bonds is 8. The Morgan fingerprint density at radius 1 is 1.04 bits per heavy atom. The van der Waals surface area contributed by atoms with Crippen molar-refractivity contribution < 1.29 is 4.74 Å². The van der Waals surface area contributed by atoms with Crippen LogP contribution in [0.5, 0.6) is 5.75 Å². The van der Waals surface area contributed by atoms with E-state index < -0.39 is 0 Å². The molecule has 0 spiro atoms. The lowest BCUT2D eigenvalue weighted by Gasteiger charge is -2.23. The van der Waals surface area contributed by atoms with Crippen LogP contribution in [0.25, 0.3) is 0 Å². The van der Waals surface area contributed by atoms with Gasteiger partial charge in [-0.1, -0.05) is 50.2 Å². The van der Waals surface area contributed by atoms with Crippen molar-refractivity contribution in [3.63, 3.8) is 0 Å². The highest BCUT2D eigenvalue weighted by atomic mass is 16.5. The van der Waals surface area contributed by atoms with Crippen molar-refractivity contribution in [3.8, 4) is 5.75 Å². The molecule has 0 aromatic heterocycles. The standard InChI is InChI=1S/C23H32N2O/c1-18(2)21-8-10-23(11-9-21)26-15-13-19-4-6-20(7-5-19)17-25(3)22-12-14-24-16-22/h4-11,18,22,24H,12-17H2,1-3H3/t22-/m0/s1. The first-order chi connectivity index (χ1) is 12.6. The van der Waals surface area contributed by atoms with Gasteiger partial charge in [0.1, 0.15) is 5.75 Å². The summed E-state index contributed by atoms with van der Waals surface area (Å²) in [6, 6.07) is 18.1. The molecule has 3 rings (SSSR count). The van der Waals surface area contributed by atoms with Gasteiger partial charge in [0, 0.05) is 25.6 Å². The van der Waals surface area contributed by atoms with Crippen LogP contribution in [0.1, 0.15) is 42.9 Å². The molecule has 1 heterocycles. The summed E-state index contributed by atoms with van der Waals surface area (Å²) in [5.74, 6) is 1.52. The minimum Gasteiger partial charge on any atom is -0.493 e. The highest BCUT2D eigenvalue weighted by Gasteiger charge is 2.18. The predicted octanol–water partition coefficient (Wildman–Crippen LogP) is 4.23. The van der Waals surface area contributed by atoms with Crippen molar-refractivity contribution in [2.45, 2.75) is 45.2 Å². The topological polar surface area (TPSA) is 24.5 Å². The van der Waals surface area contributed by atoms with Crippen molar-refractivity contribution in [2.24, 2.45) is 0 Å². The maximum Gasteiger partial charge on any atom is 0.119 e. The number of nitrogens with one attached hydrogen (secondary N) is 1. The average molecular weight is 353 g/mol. The van der Waals surface area contributed by atoms with E-state index >= 15 is 0 Å². The summed E-state index contributed by atoms with van der Waals surface area (Å²) in [5.41, 5.74) is 4.07. The number of hydrogen-bond donors (Lipinski definition) is 1. The number of likely N-dealkylation sites (N-methyl/N-ethyl adjacent to an activating group) is 1. The molecule has 0 aliphatic carbocycles. The van der Waals surface area contributed by atoms with Crippen LogP contribution in [-0.2, 0) is 13.0 Å². The fourth-order valence-corrected chi connectivity index (χ4v) is 3.48. The van der Waals surface area contributed by atoms with Gasteiger partial charge < -0.3 is 10.1 Å². The Kier molecular flexibility index (Phi) is 6.70. The minimum absolute atomic E-state index is 0.562. The zero-order valence-corrected chi connectivity index (χ0v) is 16.4. The van der Waals surface area contributed by atoms with Gasteiger partial charge in [0.15, 0.2) is 0 Å². The van der Waals surface area contributed by atoms with Crippen LogP contribution in [0.15, 0.2) is 48.5 Å². The molecule has 1 saturated heterocycles. The minimum atomic E-state index is 0.562. The molecule has 3 nitrogen and oxygen atoms in total. The molecule has 1 aliphatic heterocycles. The highest BCUT2D eigenvalue weighted by molar-refractivity contribution is 5.29. The third-order valence-electron chi connectivity index (χ3n) is 5.32. The van der Waals surface area contributed by atoms with Crippen LogP contribution in [-0.4, -0.2) is 37.7 Å². The van der Waals surface area contributed by atoms with Gasteiger partial charge in [-0.05, 0) is 54.8 Å². The van der Waals surface area contributed by atoms with Gasteiger partial charge in [0.25, 0.3) is 0 Å². The maximum atomic E-state index is 5.89. The van der Waals surface area contributed by atoms with E-state index in [1.807, 2.05) is 0 Å². The van der Waals surface area contributed by atoms with Gasteiger partial charge in [-0.3, -0.25) is 4.90 Å². The van der Waals surface area contributed by atoms with Crippen LogP contribution in [0.2, 0.25) is 0 Å². The Morgan fingerprint density at radius 2 is 1.73 bits per heavy atom. The van der Waals surface area contributed by atoms with E-state index in [9.17, 15) is 0 Å². The van der Waals surface area contributed by atoms with E-state index in [-0.39, 0.29) is 0 Å².